The largest absolute Gasteiger partial charge is 0.377 e. The Kier molecular flexibility index (Phi) is 8.41. The lowest BCUT2D eigenvalue weighted by Crippen LogP contribution is -2.38. The molecule has 4 nitrogen and oxygen atoms in total. The first-order valence-corrected chi connectivity index (χ1v) is 12.0. The summed E-state index contributed by atoms with van der Waals surface area (Å²) in [5.74, 6) is 2.49. The van der Waals surface area contributed by atoms with Gasteiger partial charge in [0.05, 0.1) is 18.2 Å². The Labute approximate surface area is 200 Å². The van der Waals surface area contributed by atoms with Gasteiger partial charge in [0.1, 0.15) is 5.82 Å². The third kappa shape index (κ3) is 6.59. The minimum absolute atomic E-state index is 0.219. The van der Waals surface area contributed by atoms with Crippen LogP contribution in [0.25, 0.3) is 10.9 Å². The second-order valence-corrected chi connectivity index (χ2v) is 9.05. The molecule has 0 saturated carbocycles. The molecule has 1 aliphatic heterocycles. The highest BCUT2D eigenvalue weighted by molar-refractivity contribution is 6.30. The van der Waals surface area contributed by atoms with Gasteiger partial charge in [0.25, 0.3) is 0 Å². The lowest BCUT2D eigenvalue weighted by molar-refractivity contribution is 0.00957. The first-order valence-electron chi connectivity index (χ1n) is 11.6. The smallest absolute Gasteiger partial charge is 0.125 e. The van der Waals surface area contributed by atoms with Gasteiger partial charge < -0.3 is 19.5 Å². The van der Waals surface area contributed by atoms with Crippen molar-refractivity contribution >= 4 is 22.5 Å². The highest BCUT2D eigenvalue weighted by Crippen LogP contribution is 2.24. The Bertz CT molecular complexity index is 1080. The summed E-state index contributed by atoms with van der Waals surface area (Å²) < 4.78 is 22.5. The molecular weight excluding hydrogens is 437 g/mol. The molecule has 0 radical (unpaired) electrons. The minimum Gasteiger partial charge on any atom is -0.377 e. The van der Waals surface area contributed by atoms with Crippen LogP contribution < -0.4 is 5.32 Å². The van der Waals surface area contributed by atoms with Crippen LogP contribution in [0.15, 0.2) is 48.7 Å². The Hall–Kier alpha value is -2.36. The van der Waals surface area contributed by atoms with Gasteiger partial charge in [0, 0.05) is 62.3 Å². The summed E-state index contributed by atoms with van der Waals surface area (Å²) in [6.45, 7) is 5.75. The van der Waals surface area contributed by atoms with Crippen molar-refractivity contribution < 1.29 is 9.13 Å². The lowest BCUT2D eigenvalue weighted by Gasteiger charge is -2.31. The molecule has 3 aromatic rings. The maximum absolute atomic E-state index is 14.4. The molecule has 0 amide bonds. The predicted molar refractivity (Wildman–Crippen MR) is 133 cm³/mol. The molecule has 0 unspecified atom stereocenters. The summed E-state index contributed by atoms with van der Waals surface area (Å²) in [4.78, 5) is 2.41. The predicted octanol–water partition coefficient (Wildman–Crippen LogP) is 5.08. The van der Waals surface area contributed by atoms with Crippen LogP contribution in [0.4, 0.5) is 4.39 Å². The SMILES string of the molecule is C#CCCN1CCC(OCCNCc2cc(F)cc3c2ccn3Cc2ccc(Cl)cc2)CC1. The zero-order valence-electron chi connectivity index (χ0n) is 18.9. The number of rotatable bonds is 10. The van der Waals surface area contributed by atoms with Crippen LogP contribution in [-0.4, -0.2) is 48.4 Å². The van der Waals surface area contributed by atoms with Gasteiger partial charge >= 0.3 is 0 Å². The highest BCUT2D eigenvalue weighted by Gasteiger charge is 2.18. The molecule has 1 saturated heterocycles. The number of halogens is 2. The van der Waals surface area contributed by atoms with Crippen LogP contribution in [0, 0.1) is 18.2 Å². The molecule has 0 bridgehead atoms. The van der Waals surface area contributed by atoms with Gasteiger partial charge in [0.2, 0.25) is 0 Å². The van der Waals surface area contributed by atoms with Crippen LogP contribution in [0.1, 0.15) is 30.4 Å². The van der Waals surface area contributed by atoms with Crippen molar-refractivity contribution in [1.82, 2.24) is 14.8 Å². The lowest BCUT2D eigenvalue weighted by atomic mass is 10.1. The van der Waals surface area contributed by atoms with E-state index in [0.29, 0.717) is 30.8 Å². The van der Waals surface area contributed by atoms with Crippen molar-refractivity contribution in [1.29, 1.82) is 0 Å². The van der Waals surface area contributed by atoms with Crippen molar-refractivity contribution in [2.24, 2.45) is 0 Å². The summed E-state index contributed by atoms with van der Waals surface area (Å²) in [5, 5.41) is 5.20. The van der Waals surface area contributed by atoms with Gasteiger partial charge in [0.15, 0.2) is 0 Å². The number of aromatic nitrogens is 1. The standard InChI is InChI=1S/C27H31ClFN3O/c1-2-3-12-31-13-8-25(9-14-31)33-16-11-30-19-22-17-24(29)18-27-26(22)10-15-32(27)20-21-4-6-23(28)7-5-21/h1,4-7,10,15,17-18,25,30H,3,8-9,11-14,16,19-20H2. The molecule has 0 spiro atoms. The van der Waals surface area contributed by atoms with Gasteiger partial charge in [-0.2, -0.15) is 0 Å². The number of hydrogen-bond donors (Lipinski definition) is 1. The Morgan fingerprint density at radius 2 is 1.94 bits per heavy atom. The topological polar surface area (TPSA) is 29.4 Å². The summed E-state index contributed by atoms with van der Waals surface area (Å²) in [6.07, 6.45) is 10.6. The molecule has 1 aliphatic rings. The average molecular weight is 468 g/mol. The van der Waals surface area contributed by atoms with E-state index in [9.17, 15) is 4.39 Å². The van der Waals surface area contributed by atoms with Gasteiger partial charge in [-0.15, -0.1) is 12.3 Å². The third-order valence-corrected chi connectivity index (χ3v) is 6.51. The molecular formula is C27H31ClFN3O. The van der Waals surface area contributed by atoms with Crippen molar-refractivity contribution in [2.75, 3.05) is 32.8 Å². The van der Waals surface area contributed by atoms with Crippen LogP contribution >= 0.6 is 11.6 Å². The quantitative estimate of drug-likeness (QED) is 0.333. The van der Waals surface area contributed by atoms with Crippen LogP contribution in [-0.2, 0) is 17.8 Å². The van der Waals surface area contributed by atoms with Crippen LogP contribution in [0.3, 0.4) is 0 Å². The average Bonchev–Trinajstić information content (AvgIpc) is 3.22. The number of piperidine rings is 1. The first-order chi connectivity index (χ1) is 16.1. The molecule has 1 fully saturated rings. The van der Waals surface area contributed by atoms with Crippen molar-refractivity contribution in [3.05, 3.63) is 70.6 Å². The zero-order chi connectivity index (χ0) is 23.0. The fourth-order valence-electron chi connectivity index (χ4n) is 4.45. The van der Waals surface area contributed by atoms with Gasteiger partial charge in [-0.25, -0.2) is 4.39 Å². The number of terminal acetylenes is 1. The van der Waals surface area contributed by atoms with E-state index in [-0.39, 0.29) is 5.82 Å². The molecule has 0 atom stereocenters. The van der Waals surface area contributed by atoms with E-state index in [1.54, 1.807) is 12.1 Å². The second kappa shape index (κ2) is 11.7. The summed E-state index contributed by atoms with van der Waals surface area (Å²) in [7, 11) is 0. The van der Waals surface area contributed by atoms with E-state index in [0.717, 1.165) is 67.5 Å². The normalized spacial score (nSPS) is 15.2. The zero-order valence-corrected chi connectivity index (χ0v) is 19.7. The van der Waals surface area contributed by atoms with E-state index in [1.807, 2.05) is 30.5 Å². The van der Waals surface area contributed by atoms with E-state index >= 15 is 0 Å². The number of likely N-dealkylation sites (tertiary alicyclic amines) is 1. The third-order valence-electron chi connectivity index (χ3n) is 6.26. The number of benzene rings is 2. The Balaban J connectivity index is 1.26. The molecule has 4 rings (SSSR count). The number of ether oxygens (including phenoxy) is 1. The summed E-state index contributed by atoms with van der Waals surface area (Å²) >= 11 is 5.99. The number of nitrogens with one attached hydrogen (secondary N) is 1. The maximum Gasteiger partial charge on any atom is 0.125 e. The maximum atomic E-state index is 14.4. The van der Waals surface area contributed by atoms with Gasteiger partial charge in [-0.3, -0.25) is 0 Å². The monoisotopic (exact) mass is 467 g/mol. The molecule has 174 valence electrons. The number of hydrogen-bond acceptors (Lipinski definition) is 3. The van der Waals surface area contributed by atoms with E-state index < -0.39 is 0 Å². The molecule has 1 aromatic heterocycles. The number of nitrogens with zero attached hydrogens (tertiary/aromatic N) is 2. The summed E-state index contributed by atoms with van der Waals surface area (Å²) in [6, 6.07) is 13.0. The first kappa shape index (κ1) is 23.8. The van der Waals surface area contributed by atoms with Gasteiger partial charge in [-0.05, 0) is 54.3 Å². The molecule has 1 N–H and O–H groups in total. The minimum atomic E-state index is -0.219. The Morgan fingerprint density at radius 1 is 1.15 bits per heavy atom. The van der Waals surface area contributed by atoms with E-state index in [2.05, 4.69) is 26.8 Å². The molecule has 6 heteroatoms. The second-order valence-electron chi connectivity index (χ2n) is 8.61. The van der Waals surface area contributed by atoms with Crippen LogP contribution in [0.5, 0.6) is 0 Å². The Morgan fingerprint density at radius 3 is 2.70 bits per heavy atom. The summed E-state index contributed by atoms with van der Waals surface area (Å²) in [5.41, 5.74) is 2.98. The fourth-order valence-corrected chi connectivity index (χ4v) is 4.57. The van der Waals surface area contributed by atoms with Crippen molar-refractivity contribution in [2.45, 2.75) is 38.5 Å². The van der Waals surface area contributed by atoms with Crippen molar-refractivity contribution in [3.8, 4) is 12.3 Å². The highest BCUT2D eigenvalue weighted by atomic mass is 35.5. The van der Waals surface area contributed by atoms with E-state index in [4.69, 9.17) is 22.8 Å². The van der Waals surface area contributed by atoms with Gasteiger partial charge in [-0.1, -0.05) is 23.7 Å². The van der Waals surface area contributed by atoms with Crippen LogP contribution in [0.2, 0.25) is 5.02 Å². The fraction of sp³-hybridized carbons (Fsp3) is 0.407. The molecule has 0 aliphatic carbocycles. The molecule has 33 heavy (non-hydrogen) atoms. The number of fused-ring (bicyclic) bond motifs is 1. The van der Waals surface area contributed by atoms with E-state index in [1.165, 1.54) is 0 Å². The molecule has 2 heterocycles. The van der Waals surface area contributed by atoms with Crippen molar-refractivity contribution in [3.63, 3.8) is 0 Å². The molecule has 2 aromatic carbocycles.